The van der Waals surface area contributed by atoms with Gasteiger partial charge in [-0.05, 0) is 39.5 Å². The molecule has 0 atom stereocenters. The topological polar surface area (TPSA) is 97.8 Å². The van der Waals surface area contributed by atoms with Crippen molar-refractivity contribution in [3.8, 4) is 0 Å². The largest absolute Gasteiger partial charge is 0.365 e. The molecule has 2 aliphatic rings. The van der Waals surface area contributed by atoms with Crippen molar-refractivity contribution < 1.29 is 18.0 Å². The minimum Gasteiger partial charge on any atom is -0.365 e. The zero-order valence-corrected chi connectivity index (χ0v) is 20.4. The molecule has 0 spiro atoms. The van der Waals surface area contributed by atoms with Gasteiger partial charge < -0.3 is 25.8 Å². The van der Waals surface area contributed by atoms with Crippen LogP contribution >= 0.6 is 0 Å². The van der Waals surface area contributed by atoms with E-state index in [1.807, 2.05) is 23.6 Å². The van der Waals surface area contributed by atoms with E-state index in [9.17, 15) is 18.0 Å². The summed E-state index contributed by atoms with van der Waals surface area (Å²) in [6.07, 6.45) is 6.26. The average Bonchev–Trinajstić information content (AvgIpc) is 3.37. The van der Waals surface area contributed by atoms with Gasteiger partial charge in [0.05, 0.1) is 12.5 Å². The van der Waals surface area contributed by atoms with Crippen LogP contribution in [-0.2, 0) is 0 Å². The highest BCUT2D eigenvalue weighted by Gasteiger charge is 2.28. The molecule has 0 radical (unpaired) electrons. The molecule has 2 fully saturated rings. The number of carbonyl (C=O) groups is 1. The van der Waals surface area contributed by atoms with E-state index in [2.05, 4.69) is 30.9 Å². The van der Waals surface area contributed by atoms with Crippen LogP contribution in [0.2, 0.25) is 0 Å². The molecule has 2 saturated heterocycles. The second-order valence-corrected chi connectivity index (χ2v) is 9.26. The Morgan fingerprint density at radius 1 is 1.08 bits per heavy atom. The average molecular weight is 505 g/mol. The van der Waals surface area contributed by atoms with Crippen LogP contribution in [0.15, 0.2) is 23.3 Å². The lowest BCUT2D eigenvalue weighted by atomic mass is 10.1. The number of benzene rings is 1. The van der Waals surface area contributed by atoms with Crippen LogP contribution in [0.5, 0.6) is 0 Å². The lowest BCUT2D eigenvalue weighted by Gasteiger charge is -2.35. The van der Waals surface area contributed by atoms with Crippen molar-refractivity contribution in [2.75, 3.05) is 42.1 Å². The Balaban J connectivity index is 1.44. The summed E-state index contributed by atoms with van der Waals surface area (Å²) in [6, 6.07) is 1.43. The fraction of sp³-hybridized carbons (Fsp3) is 0.500. The summed E-state index contributed by atoms with van der Waals surface area (Å²) in [5.41, 5.74) is -0.154. The van der Waals surface area contributed by atoms with Crippen molar-refractivity contribution >= 4 is 35.5 Å². The molecular formula is C24H31F3N8O. The third-order valence-electron chi connectivity index (χ3n) is 6.08. The van der Waals surface area contributed by atoms with E-state index in [0.717, 1.165) is 45.1 Å². The fourth-order valence-electron chi connectivity index (χ4n) is 4.27. The molecule has 9 nitrogen and oxygen atoms in total. The lowest BCUT2D eigenvalue weighted by Crippen LogP contribution is -2.47. The molecule has 194 valence electrons. The van der Waals surface area contributed by atoms with Crippen molar-refractivity contribution in [2.45, 2.75) is 51.6 Å². The van der Waals surface area contributed by atoms with Gasteiger partial charge in [-0.2, -0.15) is 4.98 Å². The zero-order valence-electron chi connectivity index (χ0n) is 20.4. The summed E-state index contributed by atoms with van der Waals surface area (Å²) < 4.78 is 40.9. The van der Waals surface area contributed by atoms with Crippen LogP contribution < -0.4 is 16.0 Å². The number of aromatic nitrogens is 2. The Morgan fingerprint density at radius 2 is 1.72 bits per heavy atom. The number of hydrogen-bond acceptors (Lipinski definition) is 6. The smallest absolute Gasteiger partial charge is 0.319 e. The maximum Gasteiger partial charge on any atom is 0.319 e. The van der Waals surface area contributed by atoms with E-state index in [1.165, 1.54) is 6.20 Å². The van der Waals surface area contributed by atoms with Gasteiger partial charge in [-0.3, -0.25) is 0 Å². The van der Waals surface area contributed by atoms with Crippen molar-refractivity contribution in [2.24, 2.45) is 4.99 Å². The highest BCUT2D eigenvalue weighted by Crippen LogP contribution is 2.26. The van der Waals surface area contributed by atoms with Gasteiger partial charge in [-0.1, -0.05) is 0 Å². The number of nitrogens with one attached hydrogen (secondary N) is 3. The first-order valence-electron chi connectivity index (χ1n) is 12.2. The SMILES string of the molecule is CC(C)Nc1ncc(NC=Nc2c(F)cc(F)cc2F)c(NC2CCN(C(=O)N3CCCC3)CC2)n1. The molecule has 2 amide bonds. The second-order valence-electron chi connectivity index (χ2n) is 9.26. The normalized spacial score (nSPS) is 16.7. The number of hydrogen-bond donors (Lipinski definition) is 3. The number of aliphatic imine (C=N–C) groups is 1. The number of halogens is 3. The number of carbonyl (C=O) groups excluding carboxylic acids is 1. The van der Waals surface area contributed by atoms with Crippen molar-refractivity contribution in [1.82, 2.24) is 19.8 Å². The van der Waals surface area contributed by atoms with Crippen molar-refractivity contribution in [3.63, 3.8) is 0 Å². The molecule has 0 unspecified atom stereocenters. The molecule has 2 aliphatic heterocycles. The van der Waals surface area contributed by atoms with Crippen LogP contribution in [0.1, 0.15) is 39.5 Å². The summed E-state index contributed by atoms with van der Waals surface area (Å²) in [7, 11) is 0. The molecule has 36 heavy (non-hydrogen) atoms. The second kappa shape index (κ2) is 11.4. The van der Waals surface area contributed by atoms with E-state index in [-0.39, 0.29) is 18.1 Å². The standard InChI is InChI=1S/C24H31F3N8O/c1-15(2)31-23-28-13-20(29-14-30-21-18(26)11-16(25)12-19(21)27)22(33-23)32-17-5-9-35(10-6-17)24(36)34-7-3-4-8-34/h11-15,17H,3-10H2,1-2H3,(H,29,30)(H2,28,31,32,33). The lowest BCUT2D eigenvalue weighted by molar-refractivity contribution is 0.150. The van der Waals surface area contributed by atoms with Crippen LogP contribution in [0.3, 0.4) is 0 Å². The summed E-state index contributed by atoms with van der Waals surface area (Å²) in [5, 5.41) is 9.41. The van der Waals surface area contributed by atoms with E-state index in [4.69, 9.17) is 0 Å². The summed E-state index contributed by atoms with van der Waals surface area (Å²) in [5.74, 6) is -2.31. The van der Waals surface area contributed by atoms with E-state index < -0.39 is 23.1 Å². The first kappa shape index (κ1) is 25.5. The number of urea groups is 1. The Bertz CT molecular complexity index is 1080. The number of piperidine rings is 1. The Kier molecular flexibility index (Phi) is 8.11. The summed E-state index contributed by atoms with van der Waals surface area (Å²) in [6.45, 7) is 6.87. The van der Waals surface area contributed by atoms with Gasteiger partial charge in [0.2, 0.25) is 5.95 Å². The number of nitrogens with zero attached hydrogens (tertiary/aromatic N) is 5. The van der Waals surface area contributed by atoms with Gasteiger partial charge >= 0.3 is 6.03 Å². The van der Waals surface area contributed by atoms with Crippen molar-refractivity contribution in [1.29, 1.82) is 0 Å². The maximum absolute atomic E-state index is 13.9. The number of rotatable bonds is 7. The van der Waals surface area contributed by atoms with Crippen LogP contribution in [0.4, 0.5) is 41.1 Å². The molecule has 1 aromatic heterocycles. The third-order valence-corrected chi connectivity index (χ3v) is 6.08. The Morgan fingerprint density at radius 3 is 2.36 bits per heavy atom. The van der Waals surface area contributed by atoms with Gasteiger partial charge in [0.1, 0.15) is 17.2 Å². The van der Waals surface area contributed by atoms with Gasteiger partial charge in [-0.25, -0.2) is 27.9 Å². The van der Waals surface area contributed by atoms with Crippen LogP contribution in [0, 0.1) is 17.5 Å². The minimum absolute atomic E-state index is 0.0684. The number of amides is 2. The van der Waals surface area contributed by atoms with Crippen LogP contribution in [-0.4, -0.2) is 70.4 Å². The highest BCUT2D eigenvalue weighted by molar-refractivity contribution is 5.83. The predicted molar refractivity (Wildman–Crippen MR) is 133 cm³/mol. The molecule has 3 N–H and O–H groups in total. The fourth-order valence-corrected chi connectivity index (χ4v) is 4.27. The van der Waals surface area contributed by atoms with Gasteiger partial charge in [0, 0.05) is 50.4 Å². The van der Waals surface area contributed by atoms with Crippen LogP contribution in [0.25, 0.3) is 0 Å². The molecule has 1 aromatic carbocycles. The first-order valence-corrected chi connectivity index (χ1v) is 12.2. The van der Waals surface area contributed by atoms with Gasteiger partial charge in [-0.15, -0.1) is 0 Å². The Hall–Kier alpha value is -3.57. The minimum atomic E-state index is -1.10. The van der Waals surface area contributed by atoms with E-state index in [1.54, 1.807) is 0 Å². The maximum atomic E-state index is 13.9. The molecular weight excluding hydrogens is 473 g/mol. The quantitative estimate of drug-likeness (QED) is 0.377. The van der Waals surface area contributed by atoms with Gasteiger partial charge in [0.15, 0.2) is 17.5 Å². The zero-order chi connectivity index (χ0) is 25.7. The Labute approximate surface area is 208 Å². The predicted octanol–water partition coefficient (Wildman–Crippen LogP) is 4.58. The first-order chi connectivity index (χ1) is 17.3. The molecule has 2 aromatic rings. The summed E-state index contributed by atoms with van der Waals surface area (Å²) >= 11 is 0. The molecule has 0 aliphatic carbocycles. The van der Waals surface area contributed by atoms with E-state index >= 15 is 0 Å². The third kappa shape index (κ3) is 6.35. The van der Waals surface area contributed by atoms with E-state index in [0.29, 0.717) is 42.7 Å². The molecule has 0 saturated carbocycles. The molecule has 4 rings (SSSR count). The van der Waals surface area contributed by atoms with Gasteiger partial charge in [0.25, 0.3) is 0 Å². The molecule has 3 heterocycles. The monoisotopic (exact) mass is 504 g/mol. The number of likely N-dealkylation sites (tertiary alicyclic amines) is 2. The molecule has 0 bridgehead atoms. The van der Waals surface area contributed by atoms with Crippen molar-refractivity contribution in [3.05, 3.63) is 35.8 Å². The molecule has 12 heteroatoms. The highest BCUT2D eigenvalue weighted by atomic mass is 19.1. The summed E-state index contributed by atoms with van der Waals surface area (Å²) in [4.78, 5) is 29.1. The number of anilines is 3.